The van der Waals surface area contributed by atoms with Crippen molar-refractivity contribution in [2.45, 2.75) is 26.7 Å². The highest BCUT2D eigenvalue weighted by Gasteiger charge is 2.07. The van der Waals surface area contributed by atoms with Gasteiger partial charge in [0, 0.05) is 24.3 Å². The molecular weight excluding hydrogens is 314 g/mol. The molecule has 0 aliphatic rings. The van der Waals surface area contributed by atoms with Gasteiger partial charge >= 0.3 is 0 Å². The first kappa shape index (κ1) is 18.3. The number of carbonyl (C=O) groups is 1. The molecule has 2 rings (SSSR count). The molecule has 0 saturated carbocycles. The van der Waals surface area contributed by atoms with Gasteiger partial charge < -0.3 is 15.4 Å². The van der Waals surface area contributed by atoms with Gasteiger partial charge in [-0.15, -0.1) is 0 Å². The number of hydrogen-bond donors (Lipinski definition) is 2. The number of amides is 1. The first-order chi connectivity index (χ1) is 12.1. The summed E-state index contributed by atoms with van der Waals surface area (Å²) in [5.74, 6) is 0.769. The monoisotopic (exact) mass is 337 g/mol. The van der Waals surface area contributed by atoms with Crippen LogP contribution in [0.15, 0.2) is 42.5 Å². The van der Waals surface area contributed by atoms with Crippen molar-refractivity contribution in [3.8, 4) is 11.8 Å². The molecule has 5 heteroatoms. The van der Waals surface area contributed by atoms with Crippen molar-refractivity contribution in [3.63, 3.8) is 0 Å². The van der Waals surface area contributed by atoms with Crippen LogP contribution in [0.3, 0.4) is 0 Å². The molecule has 0 aliphatic carbocycles. The second-order valence-electron chi connectivity index (χ2n) is 5.69. The summed E-state index contributed by atoms with van der Waals surface area (Å²) in [6.45, 7) is 5.09. The molecule has 0 radical (unpaired) electrons. The van der Waals surface area contributed by atoms with Crippen molar-refractivity contribution in [2.24, 2.45) is 0 Å². The number of benzene rings is 2. The maximum atomic E-state index is 11.8. The summed E-state index contributed by atoms with van der Waals surface area (Å²) in [5.41, 5.74) is 3.42. The van der Waals surface area contributed by atoms with E-state index in [0.29, 0.717) is 25.1 Å². The van der Waals surface area contributed by atoms with Crippen LogP contribution in [0.5, 0.6) is 5.75 Å². The first-order valence-corrected chi connectivity index (χ1v) is 8.40. The minimum absolute atomic E-state index is 0.0342. The molecular formula is C20H23N3O2. The average Bonchev–Trinajstić information content (AvgIpc) is 2.62. The molecule has 0 saturated heterocycles. The Balaban J connectivity index is 1.86. The van der Waals surface area contributed by atoms with Gasteiger partial charge in [-0.05, 0) is 55.3 Å². The Labute approximate surface area is 148 Å². The lowest BCUT2D eigenvalue weighted by molar-refractivity contribution is -0.116. The highest BCUT2D eigenvalue weighted by Crippen LogP contribution is 2.23. The highest BCUT2D eigenvalue weighted by atomic mass is 16.5. The number of carbonyl (C=O) groups excluding carboxylic acids is 1. The fraction of sp³-hybridized carbons (Fsp3) is 0.300. The van der Waals surface area contributed by atoms with Gasteiger partial charge in [0.15, 0.2) is 0 Å². The molecule has 0 unspecified atom stereocenters. The predicted molar refractivity (Wildman–Crippen MR) is 99.9 cm³/mol. The number of nitrogens with one attached hydrogen (secondary N) is 2. The summed E-state index contributed by atoms with van der Waals surface area (Å²) < 4.78 is 5.65. The Morgan fingerprint density at radius 2 is 1.88 bits per heavy atom. The molecule has 25 heavy (non-hydrogen) atoms. The summed E-state index contributed by atoms with van der Waals surface area (Å²) in [4.78, 5) is 11.8. The van der Waals surface area contributed by atoms with Crippen LogP contribution in [0, 0.1) is 18.3 Å². The second-order valence-corrected chi connectivity index (χ2v) is 5.69. The van der Waals surface area contributed by atoms with Gasteiger partial charge in [0.25, 0.3) is 0 Å². The van der Waals surface area contributed by atoms with E-state index in [1.54, 1.807) is 24.3 Å². The van der Waals surface area contributed by atoms with E-state index < -0.39 is 0 Å². The lowest BCUT2D eigenvalue weighted by Crippen LogP contribution is -2.14. The molecule has 0 atom stereocenters. The summed E-state index contributed by atoms with van der Waals surface area (Å²) >= 11 is 0. The molecule has 0 fully saturated rings. The van der Waals surface area contributed by atoms with E-state index in [1.165, 1.54) is 0 Å². The molecule has 0 aromatic heterocycles. The molecule has 2 aromatic carbocycles. The maximum Gasteiger partial charge on any atom is 0.224 e. The molecule has 0 aliphatic heterocycles. The van der Waals surface area contributed by atoms with Crippen molar-refractivity contribution >= 4 is 17.3 Å². The maximum absolute atomic E-state index is 11.8. The van der Waals surface area contributed by atoms with Crippen LogP contribution in [0.1, 0.15) is 30.9 Å². The van der Waals surface area contributed by atoms with Crippen molar-refractivity contribution in [1.29, 1.82) is 5.26 Å². The largest absolute Gasteiger partial charge is 0.492 e. The van der Waals surface area contributed by atoms with Gasteiger partial charge in [0.1, 0.15) is 12.4 Å². The number of nitrogens with zero attached hydrogens (tertiary/aromatic N) is 1. The third-order valence-electron chi connectivity index (χ3n) is 3.75. The van der Waals surface area contributed by atoms with Gasteiger partial charge in [-0.1, -0.05) is 13.0 Å². The van der Waals surface area contributed by atoms with E-state index in [9.17, 15) is 4.79 Å². The predicted octanol–water partition coefficient (Wildman–Crippen LogP) is 4.10. The minimum atomic E-state index is 0.0342. The number of rotatable bonds is 8. The van der Waals surface area contributed by atoms with Gasteiger partial charge in [-0.2, -0.15) is 5.26 Å². The molecule has 2 aromatic rings. The molecule has 0 bridgehead atoms. The van der Waals surface area contributed by atoms with Crippen LogP contribution in [-0.2, 0) is 4.79 Å². The normalized spacial score (nSPS) is 9.96. The zero-order valence-electron chi connectivity index (χ0n) is 14.6. The van der Waals surface area contributed by atoms with E-state index in [4.69, 9.17) is 10.00 Å². The van der Waals surface area contributed by atoms with Crippen LogP contribution < -0.4 is 15.4 Å². The van der Waals surface area contributed by atoms with Crippen LogP contribution in [0.2, 0.25) is 0 Å². The standard InChI is InChI=1S/C20H23N3O2/c1-3-5-20(24)23-19-7-4-6-18(15(19)2)22-12-13-25-17-10-8-16(14-21)9-11-17/h4,6-11,22H,3,5,12-13H2,1-2H3,(H,23,24). The Morgan fingerprint density at radius 1 is 1.16 bits per heavy atom. The van der Waals surface area contributed by atoms with Crippen molar-refractivity contribution in [3.05, 3.63) is 53.6 Å². The molecule has 5 nitrogen and oxygen atoms in total. The molecule has 2 N–H and O–H groups in total. The van der Waals surface area contributed by atoms with Crippen molar-refractivity contribution < 1.29 is 9.53 Å². The van der Waals surface area contributed by atoms with Crippen LogP contribution >= 0.6 is 0 Å². The lowest BCUT2D eigenvalue weighted by atomic mass is 10.1. The second kappa shape index (κ2) is 9.33. The zero-order chi connectivity index (χ0) is 18.1. The highest BCUT2D eigenvalue weighted by molar-refractivity contribution is 5.92. The topological polar surface area (TPSA) is 74.2 Å². The van der Waals surface area contributed by atoms with Crippen molar-refractivity contribution in [1.82, 2.24) is 0 Å². The van der Waals surface area contributed by atoms with Gasteiger partial charge in [0.05, 0.1) is 11.6 Å². The van der Waals surface area contributed by atoms with Crippen LogP contribution in [-0.4, -0.2) is 19.1 Å². The van der Waals surface area contributed by atoms with Gasteiger partial charge in [0.2, 0.25) is 5.91 Å². The smallest absolute Gasteiger partial charge is 0.224 e. The lowest BCUT2D eigenvalue weighted by Gasteiger charge is -2.14. The van der Waals surface area contributed by atoms with Crippen LogP contribution in [0.4, 0.5) is 11.4 Å². The Hall–Kier alpha value is -3.00. The van der Waals surface area contributed by atoms with E-state index in [0.717, 1.165) is 29.1 Å². The fourth-order valence-electron chi connectivity index (χ4n) is 2.38. The quantitative estimate of drug-likeness (QED) is 0.711. The average molecular weight is 337 g/mol. The zero-order valence-corrected chi connectivity index (χ0v) is 14.6. The number of anilines is 2. The minimum Gasteiger partial charge on any atom is -0.492 e. The summed E-state index contributed by atoms with van der Waals surface area (Å²) in [7, 11) is 0. The molecule has 0 spiro atoms. The first-order valence-electron chi connectivity index (χ1n) is 8.40. The third kappa shape index (κ3) is 5.54. The summed E-state index contributed by atoms with van der Waals surface area (Å²) in [5, 5.41) is 15.0. The fourth-order valence-corrected chi connectivity index (χ4v) is 2.38. The Kier molecular flexibility index (Phi) is 6.85. The van der Waals surface area contributed by atoms with Crippen molar-refractivity contribution in [2.75, 3.05) is 23.8 Å². The van der Waals surface area contributed by atoms with E-state index in [2.05, 4.69) is 16.7 Å². The third-order valence-corrected chi connectivity index (χ3v) is 3.75. The Morgan fingerprint density at radius 3 is 2.56 bits per heavy atom. The van der Waals surface area contributed by atoms with E-state index in [-0.39, 0.29) is 5.91 Å². The van der Waals surface area contributed by atoms with Gasteiger partial charge in [-0.25, -0.2) is 0 Å². The van der Waals surface area contributed by atoms with E-state index in [1.807, 2.05) is 32.0 Å². The van der Waals surface area contributed by atoms with Gasteiger partial charge in [-0.3, -0.25) is 4.79 Å². The SMILES string of the molecule is CCCC(=O)Nc1cccc(NCCOc2ccc(C#N)cc2)c1C. The summed E-state index contributed by atoms with van der Waals surface area (Å²) in [6, 6.07) is 14.9. The summed E-state index contributed by atoms with van der Waals surface area (Å²) in [6.07, 6.45) is 1.35. The Bertz CT molecular complexity index is 749. The molecule has 130 valence electrons. The van der Waals surface area contributed by atoms with Crippen LogP contribution in [0.25, 0.3) is 0 Å². The number of ether oxygens (including phenoxy) is 1. The molecule has 0 heterocycles. The number of hydrogen-bond acceptors (Lipinski definition) is 4. The molecule has 1 amide bonds. The number of nitriles is 1. The van der Waals surface area contributed by atoms with E-state index >= 15 is 0 Å².